The summed E-state index contributed by atoms with van der Waals surface area (Å²) >= 11 is 1.90. The van der Waals surface area contributed by atoms with Crippen LogP contribution in [-0.2, 0) is 9.53 Å². The number of carbonyl (C=O) groups excluding carboxylic acids is 1. The van der Waals surface area contributed by atoms with E-state index in [9.17, 15) is 4.79 Å². The van der Waals surface area contributed by atoms with Gasteiger partial charge in [0.1, 0.15) is 6.04 Å². The van der Waals surface area contributed by atoms with Gasteiger partial charge < -0.3 is 10.1 Å². The monoisotopic (exact) mass is 189 g/mol. The first-order chi connectivity index (χ1) is 5.77. The van der Waals surface area contributed by atoms with Gasteiger partial charge in [0.15, 0.2) is 0 Å². The zero-order valence-electron chi connectivity index (χ0n) is 7.50. The molecule has 1 saturated heterocycles. The highest BCUT2D eigenvalue weighted by Gasteiger charge is 2.29. The van der Waals surface area contributed by atoms with Crippen LogP contribution in [0, 0.1) is 0 Å². The number of nitrogens with one attached hydrogen (secondary N) is 1. The van der Waals surface area contributed by atoms with Crippen molar-refractivity contribution < 1.29 is 9.53 Å². The lowest BCUT2D eigenvalue weighted by molar-refractivity contribution is -0.142. The van der Waals surface area contributed by atoms with E-state index in [1.807, 2.05) is 11.8 Å². The molecule has 1 fully saturated rings. The molecule has 12 heavy (non-hydrogen) atoms. The van der Waals surface area contributed by atoms with E-state index in [0.717, 1.165) is 18.7 Å². The molecule has 2 atom stereocenters. The molecule has 0 aliphatic carbocycles. The van der Waals surface area contributed by atoms with E-state index in [2.05, 4.69) is 17.0 Å². The molecule has 1 aliphatic rings. The van der Waals surface area contributed by atoms with Gasteiger partial charge in [0.05, 0.1) is 7.11 Å². The molecule has 0 unspecified atom stereocenters. The second kappa shape index (κ2) is 4.72. The van der Waals surface area contributed by atoms with Crippen LogP contribution < -0.4 is 5.32 Å². The summed E-state index contributed by atoms with van der Waals surface area (Å²) in [7, 11) is 1.43. The lowest BCUT2D eigenvalue weighted by Crippen LogP contribution is -2.31. The van der Waals surface area contributed by atoms with Gasteiger partial charge in [0.2, 0.25) is 0 Å². The Kier molecular flexibility index (Phi) is 3.88. The van der Waals surface area contributed by atoms with Crippen molar-refractivity contribution in [2.45, 2.75) is 24.6 Å². The summed E-state index contributed by atoms with van der Waals surface area (Å²) in [4.78, 5) is 11.1. The van der Waals surface area contributed by atoms with Gasteiger partial charge in [-0.1, -0.05) is 6.92 Å². The number of methoxy groups -OCH3 is 1. The molecule has 0 saturated carbocycles. The zero-order chi connectivity index (χ0) is 8.97. The Balaban J connectivity index is 2.30. The van der Waals surface area contributed by atoms with E-state index in [4.69, 9.17) is 0 Å². The number of rotatable bonds is 3. The number of thioether (sulfide) groups is 1. The highest BCUT2D eigenvalue weighted by Crippen LogP contribution is 2.20. The standard InChI is InChI=1S/C8H15NO2S/c1-3-12-6-4-7(9-5-6)8(10)11-2/h6-7,9H,3-5H2,1-2H3/t6-,7+/m1/s1. The van der Waals surface area contributed by atoms with Crippen molar-refractivity contribution in [3.8, 4) is 0 Å². The molecule has 0 bridgehead atoms. The molecule has 0 radical (unpaired) electrons. The molecule has 3 nitrogen and oxygen atoms in total. The Bertz CT molecular complexity index is 163. The first-order valence-electron chi connectivity index (χ1n) is 4.20. The van der Waals surface area contributed by atoms with E-state index in [0.29, 0.717) is 5.25 Å². The van der Waals surface area contributed by atoms with Crippen LogP contribution in [0.25, 0.3) is 0 Å². The highest BCUT2D eigenvalue weighted by molar-refractivity contribution is 7.99. The average Bonchev–Trinajstić information content (AvgIpc) is 2.52. The maximum absolute atomic E-state index is 11.1. The summed E-state index contributed by atoms with van der Waals surface area (Å²) in [6, 6.07) is -0.0703. The van der Waals surface area contributed by atoms with Gasteiger partial charge in [0, 0.05) is 11.8 Å². The third-order valence-corrected chi connectivity index (χ3v) is 3.14. The van der Waals surface area contributed by atoms with Crippen LogP contribution in [0.2, 0.25) is 0 Å². The third kappa shape index (κ3) is 2.38. The summed E-state index contributed by atoms with van der Waals surface area (Å²) < 4.78 is 4.65. The molecule has 0 aromatic carbocycles. The van der Waals surface area contributed by atoms with Gasteiger partial charge in [-0.05, 0) is 12.2 Å². The first-order valence-corrected chi connectivity index (χ1v) is 5.25. The van der Waals surface area contributed by atoms with Gasteiger partial charge in [-0.2, -0.15) is 11.8 Å². The van der Waals surface area contributed by atoms with Crippen LogP contribution in [-0.4, -0.2) is 36.7 Å². The second-order valence-electron chi connectivity index (χ2n) is 2.80. The molecule has 0 aromatic rings. The fraction of sp³-hybridized carbons (Fsp3) is 0.875. The Morgan fingerprint density at radius 2 is 2.50 bits per heavy atom. The summed E-state index contributed by atoms with van der Waals surface area (Å²) in [5.74, 6) is 0.981. The molecule has 4 heteroatoms. The van der Waals surface area contributed by atoms with E-state index in [1.165, 1.54) is 7.11 Å². The van der Waals surface area contributed by atoms with Crippen molar-refractivity contribution in [2.24, 2.45) is 0 Å². The fourth-order valence-electron chi connectivity index (χ4n) is 1.39. The lowest BCUT2D eigenvalue weighted by Gasteiger charge is -2.06. The maximum Gasteiger partial charge on any atom is 0.322 e. The molecular formula is C8H15NO2S. The van der Waals surface area contributed by atoms with Gasteiger partial charge in [-0.25, -0.2) is 0 Å². The SMILES string of the molecule is CCS[C@H]1CN[C@H](C(=O)OC)C1. The minimum Gasteiger partial charge on any atom is -0.468 e. The molecular weight excluding hydrogens is 174 g/mol. The van der Waals surface area contributed by atoms with Crippen LogP contribution in [0.3, 0.4) is 0 Å². The second-order valence-corrected chi connectivity index (χ2v) is 4.37. The lowest BCUT2D eigenvalue weighted by atomic mass is 10.2. The predicted octanol–water partition coefficient (Wildman–Crippen LogP) is 0.643. The van der Waals surface area contributed by atoms with E-state index >= 15 is 0 Å². The van der Waals surface area contributed by atoms with Gasteiger partial charge in [0.25, 0.3) is 0 Å². The van der Waals surface area contributed by atoms with Crippen molar-refractivity contribution in [3.63, 3.8) is 0 Å². The number of hydrogen-bond donors (Lipinski definition) is 1. The summed E-state index contributed by atoms with van der Waals surface area (Å²) in [5, 5.41) is 3.73. The number of esters is 1. The van der Waals surface area contributed by atoms with Crippen molar-refractivity contribution in [2.75, 3.05) is 19.4 Å². The highest BCUT2D eigenvalue weighted by atomic mass is 32.2. The average molecular weight is 189 g/mol. The van der Waals surface area contributed by atoms with E-state index in [1.54, 1.807) is 0 Å². The Morgan fingerprint density at radius 1 is 1.75 bits per heavy atom. The molecule has 0 spiro atoms. The fourth-order valence-corrected chi connectivity index (χ4v) is 2.40. The normalized spacial score (nSPS) is 28.8. The zero-order valence-corrected chi connectivity index (χ0v) is 8.32. The third-order valence-electron chi connectivity index (χ3n) is 1.98. The van der Waals surface area contributed by atoms with Crippen molar-refractivity contribution in [1.29, 1.82) is 0 Å². The molecule has 0 amide bonds. The van der Waals surface area contributed by atoms with Gasteiger partial charge >= 0.3 is 5.97 Å². The summed E-state index contributed by atoms with van der Waals surface area (Å²) in [5.41, 5.74) is 0. The van der Waals surface area contributed by atoms with Crippen LogP contribution in [0.15, 0.2) is 0 Å². The quantitative estimate of drug-likeness (QED) is 0.661. The first kappa shape index (κ1) is 9.86. The van der Waals surface area contributed by atoms with Crippen molar-refractivity contribution in [1.82, 2.24) is 5.32 Å². The molecule has 1 N–H and O–H groups in total. The van der Waals surface area contributed by atoms with E-state index in [-0.39, 0.29) is 12.0 Å². The number of hydrogen-bond acceptors (Lipinski definition) is 4. The topological polar surface area (TPSA) is 38.3 Å². The minimum absolute atomic E-state index is 0.0703. The largest absolute Gasteiger partial charge is 0.468 e. The smallest absolute Gasteiger partial charge is 0.322 e. The Hall–Kier alpha value is -0.220. The number of ether oxygens (including phenoxy) is 1. The van der Waals surface area contributed by atoms with Crippen LogP contribution in [0.5, 0.6) is 0 Å². The van der Waals surface area contributed by atoms with Crippen LogP contribution >= 0.6 is 11.8 Å². The Labute approximate surface area is 77.2 Å². The van der Waals surface area contributed by atoms with Gasteiger partial charge in [-0.15, -0.1) is 0 Å². The number of carbonyl (C=O) groups is 1. The minimum atomic E-state index is -0.130. The summed E-state index contributed by atoms with van der Waals surface area (Å²) in [6.07, 6.45) is 0.908. The predicted molar refractivity (Wildman–Crippen MR) is 50.3 cm³/mol. The van der Waals surface area contributed by atoms with Crippen molar-refractivity contribution in [3.05, 3.63) is 0 Å². The van der Waals surface area contributed by atoms with Crippen LogP contribution in [0.1, 0.15) is 13.3 Å². The molecule has 1 aliphatic heterocycles. The molecule has 1 heterocycles. The molecule has 1 rings (SSSR count). The van der Waals surface area contributed by atoms with Gasteiger partial charge in [-0.3, -0.25) is 4.79 Å². The van der Waals surface area contributed by atoms with E-state index < -0.39 is 0 Å². The molecule has 70 valence electrons. The van der Waals surface area contributed by atoms with Crippen LogP contribution in [0.4, 0.5) is 0 Å². The maximum atomic E-state index is 11.1. The Morgan fingerprint density at radius 3 is 3.08 bits per heavy atom. The van der Waals surface area contributed by atoms with Crippen molar-refractivity contribution >= 4 is 17.7 Å². The molecule has 0 aromatic heterocycles. The summed E-state index contributed by atoms with van der Waals surface area (Å²) in [6.45, 7) is 3.06.